The molecule has 0 fully saturated rings. The first kappa shape index (κ1) is 19.6. The van der Waals surface area contributed by atoms with E-state index in [1.54, 1.807) is 30.8 Å². The average Bonchev–Trinajstić information content (AvgIpc) is 2.44. The summed E-state index contributed by atoms with van der Waals surface area (Å²) in [5, 5.41) is 10.8. The number of nitrogens with one attached hydrogen (secondary N) is 1. The first-order valence-electron chi connectivity index (χ1n) is 6.49. The molecule has 0 bridgehead atoms. The molecule has 0 saturated carbocycles. The van der Waals surface area contributed by atoms with Gasteiger partial charge in [0.05, 0.1) is 13.2 Å². The van der Waals surface area contributed by atoms with Gasteiger partial charge in [0.2, 0.25) is 0 Å². The fourth-order valence-electron chi connectivity index (χ4n) is 1.69. The number of carbonyl (C=O) groups excluding carboxylic acids is 1. The molecule has 6 nitrogen and oxygen atoms in total. The van der Waals surface area contributed by atoms with Crippen LogP contribution in [0.25, 0.3) is 0 Å². The Balaban J connectivity index is 0.00000400. The molecule has 0 unspecified atom stereocenters. The maximum atomic E-state index is 11.2. The van der Waals surface area contributed by atoms with Crippen LogP contribution in [0.15, 0.2) is 18.2 Å². The van der Waals surface area contributed by atoms with Crippen molar-refractivity contribution in [2.24, 2.45) is 0 Å². The van der Waals surface area contributed by atoms with Crippen LogP contribution in [0.5, 0.6) is 5.75 Å². The Morgan fingerprint density at radius 2 is 2.14 bits per heavy atom. The summed E-state index contributed by atoms with van der Waals surface area (Å²) in [6, 6.07) is 5.36. The van der Waals surface area contributed by atoms with Gasteiger partial charge in [-0.1, -0.05) is 0 Å². The molecule has 1 aromatic carbocycles. The molecule has 3 N–H and O–H groups in total. The quantitative estimate of drug-likeness (QED) is 0.426. The van der Waals surface area contributed by atoms with E-state index in [4.69, 9.17) is 9.47 Å². The second-order valence-electron chi connectivity index (χ2n) is 4.16. The van der Waals surface area contributed by atoms with Crippen molar-refractivity contribution in [3.05, 3.63) is 29.0 Å². The number of esters is 1. The summed E-state index contributed by atoms with van der Waals surface area (Å²) in [5.74, 6) is 1.24. The van der Waals surface area contributed by atoms with E-state index in [1.807, 2.05) is 17.8 Å². The number of hydrogen-bond acceptors (Lipinski definition) is 6. The van der Waals surface area contributed by atoms with Crippen molar-refractivity contribution in [2.75, 3.05) is 24.9 Å². The minimum Gasteiger partial charge on any atom is -0.761 e. The van der Waals surface area contributed by atoms with Crippen LogP contribution in [0.4, 0.5) is 5.69 Å². The zero-order valence-electron chi connectivity index (χ0n) is 12.3. The van der Waals surface area contributed by atoms with Crippen LogP contribution >= 0.6 is 11.8 Å². The van der Waals surface area contributed by atoms with Gasteiger partial charge >= 0.3 is 5.97 Å². The van der Waals surface area contributed by atoms with Gasteiger partial charge in [-0.15, -0.1) is 0 Å². The van der Waals surface area contributed by atoms with Crippen LogP contribution in [-0.4, -0.2) is 30.9 Å². The predicted octanol–water partition coefficient (Wildman–Crippen LogP) is 2.36. The van der Waals surface area contributed by atoms with Gasteiger partial charge in [-0.05, 0) is 37.3 Å². The minimum absolute atomic E-state index is 0. The van der Waals surface area contributed by atoms with E-state index in [1.165, 1.54) is 0 Å². The highest BCUT2D eigenvalue weighted by Crippen LogP contribution is 2.23. The van der Waals surface area contributed by atoms with Crippen molar-refractivity contribution < 1.29 is 19.7 Å². The topological polar surface area (TPSA) is 102 Å². The second-order valence-corrected chi connectivity index (χ2v) is 5.02. The first-order chi connectivity index (χ1) is 9.69. The molecule has 7 heteroatoms. The molecule has 0 atom stereocenters. The highest BCUT2D eigenvalue weighted by Gasteiger charge is 2.03. The van der Waals surface area contributed by atoms with Gasteiger partial charge in [-0.25, -0.2) is 0 Å². The predicted molar refractivity (Wildman–Crippen MR) is 85.6 cm³/mol. The molecule has 0 amide bonds. The van der Waals surface area contributed by atoms with Gasteiger partial charge in [0.1, 0.15) is 5.75 Å². The van der Waals surface area contributed by atoms with E-state index in [0.717, 1.165) is 11.3 Å². The van der Waals surface area contributed by atoms with Crippen LogP contribution < -0.4 is 10.2 Å². The van der Waals surface area contributed by atoms with Crippen LogP contribution in [0.3, 0.4) is 0 Å². The molecule has 1 aromatic rings. The zero-order valence-corrected chi connectivity index (χ0v) is 13.1. The summed E-state index contributed by atoms with van der Waals surface area (Å²) in [7, 11) is 0. The number of thioether (sulfide) groups is 1. The molecule has 120 valence electrons. The Morgan fingerprint density at radius 3 is 2.76 bits per heavy atom. The SMILES string of the molecule is CCOC(=O)CCCOc1cc(CSC)cc(N[O-])c1.O. The molecule has 0 aromatic heterocycles. The molecule has 1 rings (SSSR count). The third-order valence-electron chi connectivity index (χ3n) is 2.49. The third-order valence-corrected chi connectivity index (χ3v) is 3.12. The number of carbonyl (C=O) groups is 1. The Labute approximate surface area is 129 Å². The van der Waals surface area contributed by atoms with E-state index >= 15 is 0 Å². The lowest BCUT2D eigenvalue weighted by molar-refractivity contribution is -0.143. The lowest BCUT2D eigenvalue weighted by Gasteiger charge is -2.14. The van der Waals surface area contributed by atoms with E-state index in [0.29, 0.717) is 37.5 Å². The Kier molecular flexibility index (Phi) is 10.5. The van der Waals surface area contributed by atoms with Crippen LogP contribution in [0, 0.1) is 5.21 Å². The van der Waals surface area contributed by atoms with Crippen LogP contribution in [0.2, 0.25) is 0 Å². The Bertz CT molecular complexity index is 428. The van der Waals surface area contributed by atoms with Crippen molar-refractivity contribution in [3.8, 4) is 5.75 Å². The molecule has 0 saturated heterocycles. The van der Waals surface area contributed by atoms with Crippen LogP contribution in [0.1, 0.15) is 25.3 Å². The standard InChI is InChI=1S/C14H20NO4S.H2O/c1-3-18-14(16)5-4-6-19-13-8-11(10-20-2)7-12(9-13)15-17;/h7-9,15H,3-6,10H2,1-2H3;1H2/q-1;. The van der Waals surface area contributed by atoms with Crippen molar-refractivity contribution in [2.45, 2.75) is 25.5 Å². The molecule has 0 aliphatic heterocycles. The summed E-state index contributed by atoms with van der Waals surface area (Å²) >= 11 is 1.67. The molecular weight excluding hydrogens is 294 g/mol. The normalized spacial score (nSPS) is 9.67. The number of rotatable bonds is 9. The largest absolute Gasteiger partial charge is 0.761 e. The zero-order chi connectivity index (χ0) is 14.8. The summed E-state index contributed by atoms with van der Waals surface area (Å²) < 4.78 is 10.4. The van der Waals surface area contributed by atoms with Crippen molar-refractivity contribution in [1.82, 2.24) is 0 Å². The average molecular weight is 316 g/mol. The molecule has 0 heterocycles. The van der Waals surface area contributed by atoms with Gasteiger partial charge in [0.15, 0.2) is 0 Å². The molecule has 0 aliphatic rings. The number of hydrogen-bond donors (Lipinski definition) is 1. The lowest BCUT2D eigenvalue weighted by atomic mass is 10.2. The first-order valence-corrected chi connectivity index (χ1v) is 7.88. The lowest BCUT2D eigenvalue weighted by Crippen LogP contribution is -2.07. The molecule has 0 spiro atoms. The minimum atomic E-state index is -0.214. The van der Waals surface area contributed by atoms with E-state index in [9.17, 15) is 10.0 Å². The fraction of sp³-hybridized carbons (Fsp3) is 0.500. The monoisotopic (exact) mass is 316 g/mol. The summed E-state index contributed by atoms with van der Waals surface area (Å²) in [4.78, 5) is 11.2. The van der Waals surface area contributed by atoms with E-state index in [2.05, 4.69) is 0 Å². The van der Waals surface area contributed by atoms with Crippen molar-refractivity contribution >= 4 is 23.4 Å². The molecule has 0 aliphatic carbocycles. The maximum Gasteiger partial charge on any atom is 0.305 e. The molecular formula is C14H22NO5S-. The van der Waals surface area contributed by atoms with Gasteiger partial charge in [-0.3, -0.25) is 4.79 Å². The van der Waals surface area contributed by atoms with Gasteiger partial charge < -0.3 is 25.6 Å². The number of ether oxygens (including phenoxy) is 2. The Morgan fingerprint density at radius 1 is 1.38 bits per heavy atom. The molecule has 0 radical (unpaired) electrons. The number of benzene rings is 1. The highest BCUT2D eigenvalue weighted by atomic mass is 32.2. The summed E-state index contributed by atoms with van der Waals surface area (Å²) in [5.41, 5.74) is 3.39. The van der Waals surface area contributed by atoms with Gasteiger partial charge in [0, 0.05) is 23.9 Å². The van der Waals surface area contributed by atoms with E-state index < -0.39 is 0 Å². The Hall–Kier alpha value is -1.44. The van der Waals surface area contributed by atoms with Crippen molar-refractivity contribution in [3.63, 3.8) is 0 Å². The second kappa shape index (κ2) is 11.2. The summed E-state index contributed by atoms with van der Waals surface area (Å²) in [6.07, 6.45) is 2.92. The molecule has 21 heavy (non-hydrogen) atoms. The van der Waals surface area contributed by atoms with Gasteiger partial charge in [0.25, 0.3) is 0 Å². The van der Waals surface area contributed by atoms with Crippen molar-refractivity contribution in [1.29, 1.82) is 0 Å². The maximum absolute atomic E-state index is 11.2. The van der Waals surface area contributed by atoms with Gasteiger partial charge in [-0.2, -0.15) is 11.8 Å². The highest BCUT2D eigenvalue weighted by molar-refractivity contribution is 7.97. The number of anilines is 1. The third kappa shape index (κ3) is 7.79. The van der Waals surface area contributed by atoms with E-state index in [-0.39, 0.29) is 11.4 Å². The smallest absolute Gasteiger partial charge is 0.305 e. The van der Waals surface area contributed by atoms with Crippen LogP contribution in [-0.2, 0) is 15.3 Å². The summed E-state index contributed by atoms with van der Waals surface area (Å²) in [6.45, 7) is 2.60. The fourth-order valence-corrected chi connectivity index (χ4v) is 2.19.